The Labute approximate surface area is 171 Å². The van der Waals surface area contributed by atoms with Gasteiger partial charge in [0.15, 0.2) is 11.9 Å². The van der Waals surface area contributed by atoms with Gasteiger partial charge in [0.05, 0.1) is 19.2 Å². The van der Waals surface area contributed by atoms with E-state index in [4.69, 9.17) is 9.47 Å². The van der Waals surface area contributed by atoms with Gasteiger partial charge in [-0.1, -0.05) is 49.7 Å². The number of aryl methyl sites for hydroxylation is 1. The number of carbonyl (C=O) groups is 3. The molecule has 154 valence electrons. The highest BCUT2D eigenvalue weighted by Crippen LogP contribution is 2.23. The summed E-state index contributed by atoms with van der Waals surface area (Å²) < 4.78 is 10.3. The number of methoxy groups -OCH3 is 1. The lowest BCUT2D eigenvalue weighted by Gasteiger charge is -2.15. The number of hydrogen-bond donors (Lipinski definition) is 1. The number of carbonyl (C=O) groups excluding carboxylic acids is 3. The van der Waals surface area contributed by atoms with Crippen LogP contribution in [0, 0.1) is 0 Å². The second-order valence-electron chi connectivity index (χ2n) is 6.69. The molecule has 0 aliphatic rings. The topological polar surface area (TPSA) is 81.7 Å². The van der Waals surface area contributed by atoms with Crippen LogP contribution in [0.5, 0.6) is 5.75 Å². The average molecular weight is 397 g/mol. The van der Waals surface area contributed by atoms with Crippen molar-refractivity contribution >= 4 is 23.3 Å². The number of para-hydroxylation sites is 2. The summed E-state index contributed by atoms with van der Waals surface area (Å²) in [5.74, 6) is -0.685. The molecule has 0 aromatic heterocycles. The number of amides is 1. The minimum Gasteiger partial charge on any atom is -0.495 e. The zero-order valence-corrected chi connectivity index (χ0v) is 17.1. The van der Waals surface area contributed by atoms with Gasteiger partial charge in [0, 0.05) is 12.0 Å². The molecule has 0 unspecified atom stereocenters. The molecule has 0 saturated heterocycles. The zero-order valence-electron chi connectivity index (χ0n) is 17.1. The Bertz CT molecular complexity index is 845. The Morgan fingerprint density at radius 2 is 1.69 bits per heavy atom. The molecule has 1 N–H and O–H groups in total. The summed E-state index contributed by atoms with van der Waals surface area (Å²) >= 11 is 0. The predicted molar refractivity (Wildman–Crippen MR) is 111 cm³/mol. The Kier molecular flexibility index (Phi) is 8.40. The van der Waals surface area contributed by atoms with Crippen LogP contribution in [0.25, 0.3) is 0 Å². The molecule has 0 aliphatic heterocycles. The number of Topliss-reactive ketones (excluding diaryl/α,β-unsaturated/α-hetero) is 1. The standard InChI is InChI=1S/C23H27NO5/c1-4-7-17-10-12-18(13-11-17)20(25)14-15-22(26)29-16(2)23(27)24-19-8-5-6-9-21(19)28-3/h5-6,8-13,16H,4,7,14-15H2,1-3H3,(H,24,27)/t16-/m1/s1. The number of benzene rings is 2. The molecule has 1 amide bonds. The van der Waals surface area contributed by atoms with Crippen LogP contribution in [0.3, 0.4) is 0 Å². The lowest BCUT2D eigenvalue weighted by Crippen LogP contribution is -2.30. The summed E-state index contributed by atoms with van der Waals surface area (Å²) in [4.78, 5) is 36.5. The molecule has 2 rings (SSSR count). The predicted octanol–water partition coefficient (Wildman–Crippen LogP) is 4.18. The molecule has 0 bridgehead atoms. The molecule has 0 saturated carbocycles. The van der Waals surface area contributed by atoms with Crippen molar-refractivity contribution in [3.8, 4) is 5.75 Å². The Hall–Kier alpha value is -3.15. The minimum absolute atomic E-state index is 0.0345. The second kappa shape index (κ2) is 11.0. The first kappa shape index (κ1) is 22.1. The summed E-state index contributed by atoms with van der Waals surface area (Å²) in [7, 11) is 1.50. The van der Waals surface area contributed by atoms with Crippen molar-refractivity contribution in [1.29, 1.82) is 0 Å². The first-order chi connectivity index (χ1) is 13.9. The van der Waals surface area contributed by atoms with Crippen LogP contribution in [0.4, 0.5) is 5.69 Å². The Morgan fingerprint density at radius 1 is 1.00 bits per heavy atom. The number of esters is 1. The van der Waals surface area contributed by atoms with E-state index in [0.29, 0.717) is 17.0 Å². The maximum absolute atomic E-state index is 12.3. The summed E-state index contributed by atoms with van der Waals surface area (Å²) in [6.45, 7) is 3.58. The molecule has 0 aliphatic carbocycles. The van der Waals surface area contributed by atoms with E-state index in [2.05, 4.69) is 12.2 Å². The lowest BCUT2D eigenvalue weighted by molar-refractivity contribution is -0.153. The van der Waals surface area contributed by atoms with Crippen molar-refractivity contribution in [2.75, 3.05) is 12.4 Å². The number of anilines is 1. The molecular formula is C23H27NO5. The van der Waals surface area contributed by atoms with E-state index in [1.165, 1.54) is 19.6 Å². The van der Waals surface area contributed by atoms with Crippen LogP contribution in [-0.2, 0) is 20.7 Å². The normalized spacial score (nSPS) is 11.4. The van der Waals surface area contributed by atoms with Crippen molar-refractivity contribution in [3.63, 3.8) is 0 Å². The summed E-state index contributed by atoms with van der Waals surface area (Å²) in [5.41, 5.74) is 2.24. The quantitative estimate of drug-likeness (QED) is 0.480. The highest BCUT2D eigenvalue weighted by atomic mass is 16.5. The maximum atomic E-state index is 12.3. The van der Waals surface area contributed by atoms with Crippen LogP contribution in [0.15, 0.2) is 48.5 Å². The average Bonchev–Trinajstić information content (AvgIpc) is 2.73. The molecule has 1 atom stereocenters. The third kappa shape index (κ3) is 6.75. The van der Waals surface area contributed by atoms with Crippen molar-refractivity contribution in [2.45, 2.75) is 45.6 Å². The van der Waals surface area contributed by atoms with Gasteiger partial charge in [-0.2, -0.15) is 0 Å². The van der Waals surface area contributed by atoms with E-state index in [0.717, 1.165) is 12.8 Å². The van der Waals surface area contributed by atoms with Gasteiger partial charge >= 0.3 is 5.97 Å². The van der Waals surface area contributed by atoms with Gasteiger partial charge in [0.25, 0.3) is 5.91 Å². The first-order valence-corrected chi connectivity index (χ1v) is 9.70. The smallest absolute Gasteiger partial charge is 0.307 e. The summed E-state index contributed by atoms with van der Waals surface area (Å²) in [5, 5.41) is 2.66. The molecular weight excluding hydrogens is 370 g/mol. The maximum Gasteiger partial charge on any atom is 0.307 e. The Morgan fingerprint density at radius 3 is 2.34 bits per heavy atom. The molecule has 0 fully saturated rings. The molecule has 0 spiro atoms. The Balaban J connectivity index is 1.81. The van der Waals surface area contributed by atoms with Crippen LogP contribution >= 0.6 is 0 Å². The van der Waals surface area contributed by atoms with Gasteiger partial charge in [0.1, 0.15) is 5.75 Å². The molecule has 0 heterocycles. The van der Waals surface area contributed by atoms with E-state index in [9.17, 15) is 14.4 Å². The van der Waals surface area contributed by atoms with Gasteiger partial charge < -0.3 is 14.8 Å². The number of ether oxygens (including phenoxy) is 2. The number of rotatable bonds is 10. The van der Waals surface area contributed by atoms with Gasteiger partial charge in [0.2, 0.25) is 0 Å². The van der Waals surface area contributed by atoms with E-state index in [1.807, 2.05) is 12.1 Å². The van der Waals surface area contributed by atoms with Crippen molar-refractivity contribution in [3.05, 3.63) is 59.7 Å². The van der Waals surface area contributed by atoms with Gasteiger partial charge in [-0.3, -0.25) is 14.4 Å². The fourth-order valence-electron chi connectivity index (χ4n) is 2.80. The van der Waals surface area contributed by atoms with Gasteiger partial charge in [-0.15, -0.1) is 0 Å². The van der Waals surface area contributed by atoms with Crippen LogP contribution in [0.2, 0.25) is 0 Å². The lowest BCUT2D eigenvalue weighted by atomic mass is 10.0. The molecule has 2 aromatic carbocycles. The summed E-state index contributed by atoms with van der Waals surface area (Å²) in [6.07, 6.45) is 0.975. The molecule has 0 radical (unpaired) electrons. The van der Waals surface area contributed by atoms with Gasteiger partial charge in [-0.05, 0) is 31.0 Å². The zero-order chi connectivity index (χ0) is 21.2. The molecule has 29 heavy (non-hydrogen) atoms. The van der Waals surface area contributed by atoms with E-state index in [-0.39, 0.29) is 18.6 Å². The fraction of sp³-hybridized carbons (Fsp3) is 0.348. The van der Waals surface area contributed by atoms with E-state index < -0.39 is 18.0 Å². The summed E-state index contributed by atoms with van der Waals surface area (Å²) in [6, 6.07) is 14.4. The third-order valence-corrected chi connectivity index (χ3v) is 4.41. The van der Waals surface area contributed by atoms with E-state index in [1.54, 1.807) is 36.4 Å². The second-order valence-corrected chi connectivity index (χ2v) is 6.69. The van der Waals surface area contributed by atoms with Crippen LogP contribution in [0.1, 0.15) is 49.0 Å². The van der Waals surface area contributed by atoms with Crippen molar-refractivity contribution in [2.24, 2.45) is 0 Å². The van der Waals surface area contributed by atoms with Crippen LogP contribution in [-0.4, -0.2) is 30.9 Å². The third-order valence-electron chi connectivity index (χ3n) is 4.41. The van der Waals surface area contributed by atoms with Gasteiger partial charge in [-0.25, -0.2) is 0 Å². The first-order valence-electron chi connectivity index (χ1n) is 9.70. The highest BCUT2D eigenvalue weighted by Gasteiger charge is 2.20. The monoisotopic (exact) mass is 397 g/mol. The van der Waals surface area contributed by atoms with E-state index >= 15 is 0 Å². The SMILES string of the molecule is CCCc1ccc(C(=O)CCC(=O)O[C@H](C)C(=O)Nc2ccccc2OC)cc1. The number of ketones is 1. The van der Waals surface area contributed by atoms with Crippen molar-refractivity contribution < 1.29 is 23.9 Å². The van der Waals surface area contributed by atoms with Crippen LogP contribution < -0.4 is 10.1 Å². The number of nitrogens with one attached hydrogen (secondary N) is 1. The fourth-order valence-corrected chi connectivity index (χ4v) is 2.80. The minimum atomic E-state index is -0.990. The molecule has 6 nitrogen and oxygen atoms in total. The highest BCUT2D eigenvalue weighted by molar-refractivity contribution is 5.98. The van der Waals surface area contributed by atoms with Crippen molar-refractivity contribution in [1.82, 2.24) is 0 Å². The molecule has 6 heteroatoms. The largest absolute Gasteiger partial charge is 0.495 e. The number of hydrogen-bond acceptors (Lipinski definition) is 5. The molecule has 2 aromatic rings.